The van der Waals surface area contributed by atoms with Gasteiger partial charge in [0.2, 0.25) is 5.91 Å². The molecule has 3 nitrogen and oxygen atoms in total. The second kappa shape index (κ2) is 6.50. The number of hydrogen-bond donors (Lipinski definition) is 2. The first-order chi connectivity index (χ1) is 10.7. The Morgan fingerprint density at radius 1 is 1.17 bits per heavy atom. The Bertz CT molecular complexity index is 708. The number of hydrogen-bond acceptors (Lipinski definition) is 2. The van der Waals surface area contributed by atoms with Gasteiger partial charge in [-0.3, -0.25) is 4.79 Å². The molecule has 3 atom stereocenters. The lowest BCUT2D eigenvalue weighted by Gasteiger charge is -2.11. The molecule has 2 fully saturated rings. The van der Waals surface area contributed by atoms with E-state index in [1.165, 1.54) is 29.2 Å². The average Bonchev–Trinajstić information content (AvgIpc) is 3.44. The third-order valence-electron chi connectivity index (χ3n) is 5.09. The van der Waals surface area contributed by atoms with Crippen LogP contribution in [0, 0.1) is 11.8 Å². The van der Waals surface area contributed by atoms with E-state index in [0.717, 1.165) is 6.42 Å². The van der Waals surface area contributed by atoms with Crippen molar-refractivity contribution in [2.75, 3.05) is 6.54 Å². The number of halogens is 1. The van der Waals surface area contributed by atoms with Crippen LogP contribution in [-0.2, 0) is 4.79 Å². The Balaban J connectivity index is 0.00000156. The number of carbonyl (C=O) groups excluding carboxylic acids is 1. The molecule has 2 aromatic rings. The Kier molecular flexibility index (Phi) is 4.60. The summed E-state index contributed by atoms with van der Waals surface area (Å²) in [6.45, 7) is 0.627. The fraction of sp³-hybridized carbons (Fsp3) is 0.421. The van der Waals surface area contributed by atoms with Crippen molar-refractivity contribution >= 4 is 29.1 Å². The van der Waals surface area contributed by atoms with Crippen molar-refractivity contribution in [1.82, 2.24) is 5.32 Å². The highest BCUT2D eigenvalue weighted by molar-refractivity contribution is 5.89. The lowest BCUT2D eigenvalue weighted by molar-refractivity contribution is -0.122. The summed E-state index contributed by atoms with van der Waals surface area (Å²) in [6.07, 6.45) is 3.40. The van der Waals surface area contributed by atoms with E-state index in [9.17, 15) is 4.79 Å². The predicted molar refractivity (Wildman–Crippen MR) is 95.8 cm³/mol. The molecule has 2 saturated carbocycles. The molecule has 0 aromatic heterocycles. The molecule has 1 amide bonds. The van der Waals surface area contributed by atoms with Crippen molar-refractivity contribution in [2.24, 2.45) is 17.6 Å². The molecule has 0 bridgehead atoms. The maximum Gasteiger partial charge on any atom is 0.223 e. The molecule has 23 heavy (non-hydrogen) atoms. The quantitative estimate of drug-likeness (QED) is 0.884. The number of nitrogens with one attached hydrogen (secondary N) is 1. The third kappa shape index (κ3) is 3.36. The second-order valence-corrected chi connectivity index (χ2v) is 6.76. The molecule has 2 aliphatic rings. The molecule has 4 rings (SSSR count). The van der Waals surface area contributed by atoms with Crippen LogP contribution in [0.1, 0.15) is 30.7 Å². The molecule has 3 unspecified atom stereocenters. The zero-order valence-electron chi connectivity index (χ0n) is 13.1. The highest BCUT2D eigenvalue weighted by atomic mass is 35.5. The monoisotopic (exact) mass is 330 g/mol. The Morgan fingerprint density at radius 2 is 1.91 bits per heavy atom. The van der Waals surface area contributed by atoms with Crippen LogP contribution in [0.2, 0.25) is 0 Å². The minimum absolute atomic E-state index is 0. The molecular formula is C19H23ClN2O. The zero-order valence-corrected chi connectivity index (χ0v) is 13.9. The highest BCUT2D eigenvalue weighted by Crippen LogP contribution is 2.49. The summed E-state index contributed by atoms with van der Waals surface area (Å²) in [5.41, 5.74) is 7.36. The molecule has 2 aliphatic carbocycles. The molecule has 0 spiro atoms. The Hall–Kier alpha value is -1.58. The molecule has 0 aliphatic heterocycles. The van der Waals surface area contributed by atoms with Crippen molar-refractivity contribution in [2.45, 2.75) is 31.2 Å². The summed E-state index contributed by atoms with van der Waals surface area (Å²) in [7, 11) is 0. The molecule has 4 heteroatoms. The highest BCUT2D eigenvalue weighted by Gasteiger charge is 2.44. The van der Waals surface area contributed by atoms with Crippen LogP contribution < -0.4 is 11.1 Å². The largest absolute Gasteiger partial charge is 0.354 e. The number of amides is 1. The van der Waals surface area contributed by atoms with Crippen molar-refractivity contribution in [3.05, 3.63) is 48.0 Å². The first-order valence-electron chi connectivity index (χ1n) is 8.25. The van der Waals surface area contributed by atoms with E-state index in [0.29, 0.717) is 18.4 Å². The van der Waals surface area contributed by atoms with Gasteiger partial charge in [0.05, 0.1) is 0 Å². The van der Waals surface area contributed by atoms with Crippen LogP contribution in [0.5, 0.6) is 0 Å². The van der Waals surface area contributed by atoms with E-state index >= 15 is 0 Å². The maximum atomic E-state index is 12.3. The molecule has 0 heterocycles. The summed E-state index contributed by atoms with van der Waals surface area (Å²) in [6, 6.07) is 14.9. The fourth-order valence-electron chi connectivity index (χ4n) is 3.44. The van der Waals surface area contributed by atoms with E-state index in [2.05, 4.69) is 47.8 Å². The van der Waals surface area contributed by atoms with Gasteiger partial charge in [0.15, 0.2) is 0 Å². The van der Waals surface area contributed by atoms with Crippen LogP contribution in [0.3, 0.4) is 0 Å². The standard InChI is InChI=1S/C19H22N2O.ClH/c20-18(13-8-9-13)11-21-19(22)17-10-16(17)15-7-3-5-12-4-1-2-6-14(12)15;/h1-7,13,16-18H,8-11,20H2,(H,21,22);1H. The van der Waals surface area contributed by atoms with Crippen LogP contribution in [0.4, 0.5) is 0 Å². The zero-order chi connectivity index (χ0) is 15.1. The van der Waals surface area contributed by atoms with Crippen molar-refractivity contribution in [3.63, 3.8) is 0 Å². The van der Waals surface area contributed by atoms with Crippen LogP contribution in [0.25, 0.3) is 10.8 Å². The minimum atomic E-state index is 0. The van der Waals surface area contributed by atoms with Crippen LogP contribution in [0.15, 0.2) is 42.5 Å². The van der Waals surface area contributed by atoms with E-state index in [1.807, 2.05) is 0 Å². The average molecular weight is 331 g/mol. The normalized spacial score (nSPS) is 23.9. The summed E-state index contributed by atoms with van der Waals surface area (Å²) in [5, 5.41) is 5.58. The molecular weight excluding hydrogens is 308 g/mol. The van der Waals surface area contributed by atoms with Gasteiger partial charge < -0.3 is 11.1 Å². The SMILES string of the molecule is Cl.NC(CNC(=O)C1CC1c1cccc2ccccc12)C1CC1. The molecule has 0 radical (unpaired) electrons. The number of rotatable bonds is 5. The molecule has 2 aromatic carbocycles. The lowest BCUT2D eigenvalue weighted by atomic mass is 10.00. The van der Waals surface area contributed by atoms with Gasteiger partial charge in [-0.1, -0.05) is 42.5 Å². The fourth-order valence-corrected chi connectivity index (χ4v) is 3.44. The second-order valence-electron chi connectivity index (χ2n) is 6.76. The number of fused-ring (bicyclic) bond motifs is 1. The first-order valence-corrected chi connectivity index (χ1v) is 8.25. The summed E-state index contributed by atoms with van der Waals surface area (Å²) >= 11 is 0. The van der Waals surface area contributed by atoms with Gasteiger partial charge in [-0.25, -0.2) is 0 Å². The molecule has 122 valence electrons. The number of benzene rings is 2. The van der Waals surface area contributed by atoms with Gasteiger partial charge >= 0.3 is 0 Å². The summed E-state index contributed by atoms with van der Waals surface area (Å²) in [5.74, 6) is 1.29. The summed E-state index contributed by atoms with van der Waals surface area (Å²) in [4.78, 5) is 12.3. The number of nitrogens with two attached hydrogens (primary N) is 1. The third-order valence-corrected chi connectivity index (χ3v) is 5.09. The van der Waals surface area contributed by atoms with Crippen molar-refractivity contribution in [3.8, 4) is 0 Å². The predicted octanol–water partition coefficient (Wildman–Crippen LogP) is 3.22. The van der Waals surface area contributed by atoms with E-state index in [1.54, 1.807) is 0 Å². The van der Waals surface area contributed by atoms with E-state index in [4.69, 9.17) is 5.73 Å². The maximum absolute atomic E-state index is 12.3. The van der Waals surface area contributed by atoms with Crippen molar-refractivity contribution in [1.29, 1.82) is 0 Å². The van der Waals surface area contributed by atoms with Gasteiger partial charge in [-0.2, -0.15) is 0 Å². The van der Waals surface area contributed by atoms with Crippen LogP contribution >= 0.6 is 12.4 Å². The van der Waals surface area contributed by atoms with Crippen LogP contribution in [-0.4, -0.2) is 18.5 Å². The number of carbonyl (C=O) groups is 1. The van der Waals surface area contributed by atoms with Gasteiger partial charge in [-0.15, -0.1) is 12.4 Å². The minimum Gasteiger partial charge on any atom is -0.354 e. The smallest absolute Gasteiger partial charge is 0.223 e. The Morgan fingerprint density at radius 3 is 2.70 bits per heavy atom. The Labute approximate surface area is 143 Å². The molecule has 0 saturated heterocycles. The van der Waals surface area contributed by atoms with Gasteiger partial charge in [0.1, 0.15) is 0 Å². The van der Waals surface area contributed by atoms with E-state index < -0.39 is 0 Å². The topological polar surface area (TPSA) is 55.1 Å². The van der Waals surface area contributed by atoms with Crippen molar-refractivity contribution < 1.29 is 4.79 Å². The van der Waals surface area contributed by atoms with Gasteiger partial charge in [0.25, 0.3) is 0 Å². The lowest BCUT2D eigenvalue weighted by Crippen LogP contribution is -2.39. The molecule has 3 N–H and O–H groups in total. The van der Waals surface area contributed by atoms with Gasteiger partial charge in [0, 0.05) is 18.5 Å². The van der Waals surface area contributed by atoms with E-state index in [-0.39, 0.29) is 30.3 Å². The first kappa shape index (κ1) is 16.3. The van der Waals surface area contributed by atoms with Gasteiger partial charge in [-0.05, 0) is 47.4 Å². The summed E-state index contributed by atoms with van der Waals surface area (Å²) < 4.78 is 0.